The fraction of sp³-hybridized carbons (Fsp3) is 0.538. The summed E-state index contributed by atoms with van der Waals surface area (Å²) in [7, 11) is 0. The summed E-state index contributed by atoms with van der Waals surface area (Å²) in [6, 6.07) is 10.2. The summed E-state index contributed by atoms with van der Waals surface area (Å²) in [6.07, 6.45) is 10.1. The van der Waals surface area contributed by atoms with Crippen molar-refractivity contribution in [2.75, 3.05) is 18.0 Å². The van der Waals surface area contributed by atoms with Gasteiger partial charge in [0, 0.05) is 26.2 Å². The first kappa shape index (κ1) is 22.9. The lowest BCUT2D eigenvalue weighted by atomic mass is 9.83. The quantitative estimate of drug-likeness (QED) is 0.580. The van der Waals surface area contributed by atoms with Crippen molar-refractivity contribution in [1.29, 1.82) is 0 Å². The van der Waals surface area contributed by atoms with Crippen LogP contribution in [0.2, 0.25) is 5.02 Å². The fourth-order valence-electron chi connectivity index (χ4n) is 5.04. The highest BCUT2D eigenvalue weighted by Gasteiger charge is 2.26. The molecule has 3 atom stereocenters. The maximum atomic E-state index is 11.3. The van der Waals surface area contributed by atoms with Gasteiger partial charge in [0.15, 0.2) is 0 Å². The summed E-state index contributed by atoms with van der Waals surface area (Å²) >= 11 is 6.78. The highest BCUT2D eigenvalue weighted by atomic mass is 35.5. The number of pyridine rings is 1. The van der Waals surface area contributed by atoms with E-state index in [0.29, 0.717) is 5.92 Å². The second kappa shape index (κ2) is 10.6. The van der Waals surface area contributed by atoms with Gasteiger partial charge in [0.25, 0.3) is 0 Å². The normalized spacial score (nSPS) is 21.9. The molecule has 0 spiro atoms. The largest absolute Gasteiger partial charge is 0.490 e. The molecule has 3 unspecified atom stereocenters. The molecule has 1 aliphatic heterocycles. The molecule has 2 heterocycles. The van der Waals surface area contributed by atoms with Gasteiger partial charge in [-0.25, -0.2) is 4.98 Å². The highest BCUT2D eigenvalue weighted by Crippen LogP contribution is 2.35. The number of anilines is 1. The highest BCUT2D eigenvalue weighted by molar-refractivity contribution is 6.33. The molecule has 1 aromatic carbocycles. The first-order chi connectivity index (χ1) is 15.5. The van der Waals surface area contributed by atoms with E-state index < -0.39 is 0 Å². The van der Waals surface area contributed by atoms with Crippen molar-refractivity contribution in [3.63, 3.8) is 0 Å². The van der Waals surface area contributed by atoms with Gasteiger partial charge in [-0.05, 0) is 87.1 Å². The van der Waals surface area contributed by atoms with Crippen LogP contribution in [-0.2, 0) is 11.2 Å². The standard InChI is InChI=1S/C26H34ClN3O2/c1-18(29-19(2)31)21-8-10-23(11-9-21)32-24-7-5-6-20(17-24)16-22-12-13-28-26(25(22)27)30-14-3-4-15-30/h8-13,18,20,24H,3-7,14-17H2,1-2H3,(H,29,31). The Morgan fingerprint density at radius 1 is 1.19 bits per heavy atom. The summed E-state index contributed by atoms with van der Waals surface area (Å²) < 4.78 is 6.33. The van der Waals surface area contributed by atoms with E-state index in [4.69, 9.17) is 16.3 Å². The lowest BCUT2D eigenvalue weighted by molar-refractivity contribution is -0.119. The van der Waals surface area contributed by atoms with Crippen molar-refractivity contribution in [3.8, 4) is 5.75 Å². The number of amides is 1. The average Bonchev–Trinajstić information content (AvgIpc) is 3.30. The van der Waals surface area contributed by atoms with E-state index in [1.54, 1.807) is 6.92 Å². The minimum absolute atomic E-state index is 0.00354. The van der Waals surface area contributed by atoms with Crippen LogP contribution < -0.4 is 15.0 Å². The van der Waals surface area contributed by atoms with Gasteiger partial charge in [-0.3, -0.25) is 4.79 Å². The van der Waals surface area contributed by atoms with Gasteiger partial charge in [0.2, 0.25) is 5.91 Å². The molecule has 5 nitrogen and oxygen atoms in total. The van der Waals surface area contributed by atoms with Gasteiger partial charge in [0.05, 0.1) is 17.2 Å². The number of hydrogen-bond donors (Lipinski definition) is 1. The smallest absolute Gasteiger partial charge is 0.217 e. The second-order valence-electron chi connectivity index (χ2n) is 9.27. The molecule has 1 aliphatic carbocycles. The molecule has 172 valence electrons. The van der Waals surface area contributed by atoms with Crippen LogP contribution >= 0.6 is 11.6 Å². The predicted octanol–water partition coefficient (Wildman–Crippen LogP) is 5.71. The maximum Gasteiger partial charge on any atom is 0.217 e. The molecule has 1 aromatic heterocycles. The third kappa shape index (κ3) is 5.74. The van der Waals surface area contributed by atoms with Crippen LogP contribution in [0, 0.1) is 5.92 Å². The van der Waals surface area contributed by atoms with Crippen LogP contribution in [-0.4, -0.2) is 30.1 Å². The Hall–Kier alpha value is -2.27. The van der Waals surface area contributed by atoms with Gasteiger partial charge in [0.1, 0.15) is 11.6 Å². The molecule has 2 aliphatic rings. The summed E-state index contributed by atoms with van der Waals surface area (Å²) in [5, 5.41) is 3.75. The average molecular weight is 456 g/mol. The molecule has 4 rings (SSSR count). The minimum atomic E-state index is -0.0204. The fourth-order valence-corrected chi connectivity index (χ4v) is 5.35. The van der Waals surface area contributed by atoms with Gasteiger partial charge in [-0.2, -0.15) is 0 Å². The third-order valence-corrected chi connectivity index (χ3v) is 7.11. The Labute approximate surface area is 196 Å². The first-order valence-corrected chi connectivity index (χ1v) is 12.3. The van der Waals surface area contributed by atoms with Crippen LogP contribution in [0.4, 0.5) is 5.82 Å². The molecule has 0 bridgehead atoms. The number of rotatable bonds is 7. The number of ether oxygens (including phenoxy) is 1. The Balaban J connectivity index is 1.35. The van der Waals surface area contributed by atoms with E-state index in [0.717, 1.165) is 54.5 Å². The molecular formula is C26H34ClN3O2. The molecular weight excluding hydrogens is 422 g/mol. The van der Waals surface area contributed by atoms with Gasteiger partial charge < -0.3 is 15.0 Å². The number of nitrogens with one attached hydrogen (secondary N) is 1. The van der Waals surface area contributed by atoms with E-state index >= 15 is 0 Å². The van der Waals surface area contributed by atoms with Crippen molar-refractivity contribution in [2.24, 2.45) is 5.92 Å². The zero-order chi connectivity index (χ0) is 22.5. The van der Waals surface area contributed by atoms with E-state index in [9.17, 15) is 4.79 Å². The van der Waals surface area contributed by atoms with Gasteiger partial charge in [-0.1, -0.05) is 23.7 Å². The van der Waals surface area contributed by atoms with Crippen LogP contribution in [0.15, 0.2) is 36.5 Å². The minimum Gasteiger partial charge on any atom is -0.490 e. The van der Waals surface area contributed by atoms with E-state index in [1.165, 1.54) is 31.2 Å². The molecule has 6 heteroatoms. The molecule has 2 fully saturated rings. The molecule has 1 N–H and O–H groups in total. The third-order valence-electron chi connectivity index (χ3n) is 6.70. The van der Waals surface area contributed by atoms with E-state index in [2.05, 4.69) is 21.3 Å². The van der Waals surface area contributed by atoms with Crippen molar-refractivity contribution >= 4 is 23.3 Å². The summed E-state index contributed by atoms with van der Waals surface area (Å²) in [5.41, 5.74) is 2.29. The van der Waals surface area contributed by atoms with Gasteiger partial charge in [-0.15, -0.1) is 0 Å². The van der Waals surface area contributed by atoms with Gasteiger partial charge >= 0.3 is 0 Å². The zero-order valence-electron chi connectivity index (χ0n) is 19.1. The number of aromatic nitrogens is 1. The molecule has 0 radical (unpaired) electrons. The second-order valence-corrected chi connectivity index (χ2v) is 9.65. The molecule has 1 saturated carbocycles. The lowest BCUT2D eigenvalue weighted by Crippen LogP contribution is -2.27. The van der Waals surface area contributed by atoms with Crippen LogP contribution in [0.1, 0.15) is 69.5 Å². The Morgan fingerprint density at radius 2 is 1.94 bits per heavy atom. The Bertz CT molecular complexity index is 912. The van der Waals surface area contributed by atoms with Crippen LogP contribution in [0.3, 0.4) is 0 Å². The lowest BCUT2D eigenvalue weighted by Gasteiger charge is -2.30. The first-order valence-electron chi connectivity index (χ1n) is 11.9. The SMILES string of the molecule is CC(=O)NC(C)c1ccc(OC2CCCC(Cc3ccnc(N4CCCC4)c3Cl)C2)cc1. The topological polar surface area (TPSA) is 54.5 Å². The molecule has 1 amide bonds. The van der Waals surface area contributed by atoms with Crippen molar-refractivity contribution in [1.82, 2.24) is 10.3 Å². The number of carbonyl (C=O) groups is 1. The van der Waals surface area contributed by atoms with Crippen molar-refractivity contribution in [3.05, 3.63) is 52.7 Å². The Kier molecular flexibility index (Phi) is 7.56. The van der Waals surface area contributed by atoms with E-state index in [1.807, 2.05) is 37.4 Å². The summed E-state index contributed by atoms with van der Waals surface area (Å²) in [5.74, 6) is 2.40. The summed E-state index contributed by atoms with van der Waals surface area (Å²) in [6.45, 7) is 5.64. The summed E-state index contributed by atoms with van der Waals surface area (Å²) in [4.78, 5) is 18.2. The van der Waals surface area contributed by atoms with Crippen molar-refractivity contribution in [2.45, 2.75) is 70.9 Å². The monoisotopic (exact) mass is 455 g/mol. The van der Waals surface area contributed by atoms with Crippen LogP contribution in [0.25, 0.3) is 0 Å². The molecule has 32 heavy (non-hydrogen) atoms. The number of nitrogens with zero attached hydrogens (tertiary/aromatic N) is 2. The molecule has 2 aromatic rings. The number of hydrogen-bond acceptors (Lipinski definition) is 4. The van der Waals surface area contributed by atoms with Crippen LogP contribution in [0.5, 0.6) is 5.75 Å². The van der Waals surface area contributed by atoms with Crippen molar-refractivity contribution < 1.29 is 9.53 Å². The molecule has 1 saturated heterocycles. The maximum absolute atomic E-state index is 11.3. The number of halogens is 1. The zero-order valence-corrected chi connectivity index (χ0v) is 19.9. The Morgan fingerprint density at radius 3 is 2.66 bits per heavy atom. The van der Waals surface area contributed by atoms with E-state index in [-0.39, 0.29) is 18.1 Å². The number of benzene rings is 1. The number of carbonyl (C=O) groups excluding carboxylic acids is 1. The predicted molar refractivity (Wildman–Crippen MR) is 129 cm³/mol.